The zero-order valence-corrected chi connectivity index (χ0v) is 12.7. The predicted molar refractivity (Wildman–Crippen MR) is 79.3 cm³/mol. The summed E-state index contributed by atoms with van der Waals surface area (Å²) in [5.41, 5.74) is 1.54. The van der Waals surface area contributed by atoms with Crippen molar-refractivity contribution in [2.75, 3.05) is 0 Å². The monoisotopic (exact) mass is 364 g/mol. The molecule has 0 saturated heterocycles. The molecule has 3 heterocycles. The van der Waals surface area contributed by atoms with Crippen molar-refractivity contribution in [3.05, 3.63) is 40.8 Å². The number of rotatable bonds is 2. The maximum atomic E-state index is 13.0. The summed E-state index contributed by atoms with van der Waals surface area (Å²) in [6, 6.07) is 6.07. The van der Waals surface area contributed by atoms with E-state index >= 15 is 0 Å². The summed E-state index contributed by atoms with van der Waals surface area (Å²) in [5, 5.41) is 20.3. The lowest BCUT2D eigenvalue weighted by Gasteiger charge is -1.96. The standard InChI is InChI=1S/C12H6BrFN6S/c13-8-5-15-16-9(8)11-19-20-10(17-18-12(20)21-11)6-1-3-7(14)4-2-6/h1-5H,(H,15,16). The first-order valence-electron chi connectivity index (χ1n) is 5.90. The average molecular weight is 365 g/mol. The van der Waals surface area contributed by atoms with Gasteiger partial charge in [-0.05, 0) is 40.2 Å². The van der Waals surface area contributed by atoms with Crippen LogP contribution in [0.3, 0.4) is 0 Å². The Hall–Kier alpha value is -2.13. The van der Waals surface area contributed by atoms with Crippen LogP contribution in [0.1, 0.15) is 0 Å². The topological polar surface area (TPSA) is 71.8 Å². The number of fused-ring (bicyclic) bond motifs is 1. The molecule has 0 amide bonds. The van der Waals surface area contributed by atoms with Gasteiger partial charge in [0.1, 0.15) is 11.5 Å². The SMILES string of the molecule is Fc1ccc(-c2nnc3sc(-c4[nH]ncc4Br)nn23)cc1. The van der Waals surface area contributed by atoms with Gasteiger partial charge in [0.25, 0.3) is 0 Å². The van der Waals surface area contributed by atoms with Crippen LogP contribution >= 0.6 is 27.3 Å². The van der Waals surface area contributed by atoms with Gasteiger partial charge in [0.2, 0.25) is 4.96 Å². The lowest BCUT2D eigenvalue weighted by atomic mass is 10.2. The molecule has 0 aliphatic carbocycles. The third kappa shape index (κ3) is 2.05. The Kier molecular flexibility index (Phi) is 2.82. The van der Waals surface area contributed by atoms with Crippen molar-refractivity contribution >= 4 is 32.2 Å². The third-order valence-electron chi connectivity index (χ3n) is 2.90. The summed E-state index contributed by atoms with van der Waals surface area (Å²) in [7, 11) is 0. The average Bonchev–Trinajstić information content (AvgIpc) is 3.14. The molecular formula is C12H6BrFN6S. The van der Waals surface area contributed by atoms with Crippen LogP contribution in [0.25, 0.3) is 27.1 Å². The number of H-pyrrole nitrogens is 1. The first-order chi connectivity index (χ1) is 10.2. The molecule has 0 aliphatic rings. The van der Waals surface area contributed by atoms with Crippen molar-refractivity contribution in [2.45, 2.75) is 0 Å². The lowest BCUT2D eigenvalue weighted by Crippen LogP contribution is -1.91. The van der Waals surface area contributed by atoms with Crippen LogP contribution in [0.15, 0.2) is 34.9 Å². The minimum Gasteiger partial charge on any atom is -0.274 e. The van der Waals surface area contributed by atoms with Crippen molar-refractivity contribution in [3.63, 3.8) is 0 Å². The van der Waals surface area contributed by atoms with Crippen LogP contribution in [-0.2, 0) is 0 Å². The first-order valence-corrected chi connectivity index (χ1v) is 7.51. The molecule has 0 fully saturated rings. The zero-order chi connectivity index (χ0) is 14.4. The smallest absolute Gasteiger partial charge is 0.235 e. The van der Waals surface area contributed by atoms with Gasteiger partial charge in [-0.15, -0.1) is 10.2 Å². The number of nitrogens with zero attached hydrogens (tertiary/aromatic N) is 5. The molecule has 4 aromatic rings. The summed E-state index contributed by atoms with van der Waals surface area (Å²) in [6.07, 6.45) is 1.67. The van der Waals surface area contributed by atoms with Gasteiger partial charge in [-0.3, -0.25) is 5.10 Å². The van der Waals surface area contributed by atoms with Gasteiger partial charge in [-0.1, -0.05) is 11.3 Å². The fourth-order valence-corrected chi connectivity index (χ4v) is 3.28. The lowest BCUT2D eigenvalue weighted by molar-refractivity contribution is 0.628. The molecule has 0 unspecified atom stereocenters. The van der Waals surface area contributed by atoms with Gasteiger partial charge in [0.15, 0.2) is 10.8 Å². The largest absolute Gasteiger partial charge is 0.274 e. The third-order valence-corrected chi connectivity index (χ3v) is 4.42. The van der Waals surface area contributed by atoms with Crippen molar-refractivity contribution in [1.82, 2.24) is 30.0 Å². The molecule has 0 saturated carbocycles. The molecule has 104 valence electrons. The Morgan fingerprint density at radius 2 is 2.00 bits per heavy atom. The van der Waals surface area contributed by atoms with E-state index < -0.39 is 0 Å². The Bertz CT molecular complexity index is 925. The summed E-state index contributed by atoms with van der Waals surface area (Å²) in [6.45, 7) is 0. The second kappa shape index (κ2) is 4.71. The Labute approximate surface area is 129 Å². The Balaban J connectivity index is 1.87. The Morgan fingerprint density at radius 1 is 1.19 bits per heavy atom. The van der Waals surface area contributed by atoms with E-state index in [2.05, 4.69) is 41.4 Å². The van der Waals surface area contributed by atoms with Crippen LogP contribution in [0.2, 0.25) is 0 Å². The number of halogens is 2. The van der Waals surface area contributed by atoms with Crippen LogP contribution in [0.4, 0.5) is 4.39 Å². The van der Waals surface area contributed by atoms with E-state index in [1.165, 1.54) is 23.5 Å². The second-order valence-electron chi connectivity index (χ2n) is 4.23. The molecule has 0 aliphatic heterocycles. The maximum Gasteiger partial charge on any atom is 0.235 e. The van der Waals surface area contributed by atoms with Crippen molar-refractivity contribution in [3.8, 4) is 22.1 Å². The predicted octanol–water partition coefficient (Wildman–Crippen LogP) is 3.14. The van der Waals surface area contributed by atoms with Gasteiger partial charge in [-0.25, -0.2) is 4.39 Å². The van der Waals surface area contributed by atoms with E-state index in [9.17, 15) is 4.39 Å². The fourth-order valence-electron chi connectivity index (χ4n) is 1.92. The first kappa shape index (κ1) is 12.6. The number of aromatic nitrogens is 6. The highest BCUT2D eigenvalue weighted by Gasteiger charge is 2.16. The van der Waals surface area contributed by atoms with Crippen molar-refractivity contribution in [1.29, 1.82) is 0 Å². The van der Waals surface area contributed by atoms with E-state index in [0.29, 0.717) is 10.8 Å². The summed E-state index contributed by atoms with van der Waals surface area (Å²) < 4.78 is 15.5. The number of hydrogen-bond donors (Lipinski definition) is 1. The number of hydrogen-bond acceptors (Lipinski definition) is 5. The molecule has 0 radical (unpaired) electrons. The van der Waals surface area contributed by atoms with E-state index in [0.717, 1.165) is 20.7 Å². The summed E-state index contributed by atoms with van der Waals surface area (Å²) in [4.78, 5) is 0.658. The van der Waals surface area contributed by atoms with Crippen LogP contribution in [0, 0.1) is 5.82 Å². The normalized spacial score (nSPS) is 11.3. The van der Waals surface area contributed by atoms with Gasteiger partial charge in [0.05, 0.1) is 10.7 Å². The zero-order valence-electron chi connectivity index (χ0n) is 10.3. The molecule has 9 heteroatoms. The number of benzene rings is 1. The molecule has 21 heavy (non-hydrogen) atoms. The second-order valence-corrected chi connectivity index (χ2v) is 6.04. The molecule has 3 aromatic heterocycles. The minimum atomic E-state index is -0.292. The van der Waals surface area contributed by atoms with Crippen LogP contribution < -0.4 is 0 Å². The van der Waals surface area contributed by atoms with E-state index in [1.807, 2.05) is 0 Å². The molecule has 0 bridgehead atoms. The van der Waals surface area contributed by atoms with Crippen molar-refractivity contribution in [2.24, 2.45) is 0 Å². The molecule has 0 spiro atoms. The van der Waals surface area contributed by atoms with Gasteiger partial charge < -0.3 is 0 Å². The molecule has 1 N–H and O–H groups in total. The van der Waals surface area contributed by atoms with E-state index in [1.54, 1.807) is 22.8 Å². The van der Waals surface area contributed by atoms with E-state index in [4.69, 9.17) is 0 Å². The fraction of sp³-hybridized carbons (Fsp3) is 0. The van der Waals surface area contributed by atoms with Gasteiger partial charge >= 0.3 is 0 Å². The van der Waals surface area contributed by atoms with Crippen LogP contribution in [-0.4, -0.2) is 30.0 Å². The molecule has 1 aromatic carbocycles. The summed E-state index contributed by atoms with van der Waals surface area (Å²) in [5.74, 6) is 0.281. The molecule has 4 rings (SSSR count). The summed E-state index contributed by atoms with van der Waals surface area (Å²) >= 11 is 4.80. The highest BCUT2D eigenvalue weighted by atomic mass is 79.9. The minimum absolute atomic E-state index is 0.292. The quantitative estimate of drug-likeness (QED) is 0.592. The number of nitrogens with one attached hydrogen (secondary N) is 1. The molecular weight excluding hydrogens is 359 g/mol. The van der Waals surface area contributed by atoms with Crippen LogP contribution in [0.5, 0.6) is 0 Å². The van der Waals surface area contributed by atoms with Gasteiger partial charge in [0, 0.05) is 5.56 Å². The number of aromatic amines is 1. The molecule has 0 atom stereocenters. The Morgan fingerprint density at radius 3 is 2.71 bits per heavy atom. The highest BCUT2D eigenvalue weighted by Crippen LogP contribution is 2.30. The van der Waals surface area contributed by atoms with E-state index in [-0.39, 0.29) is 5.82 Å². The highest BCUT2D eigenvalue weighted by molar-refractivity contribution is 9.10. The van der Waals surface area contributed by atoms with Crippen molar-refractivity contribution < 1.29 is 4.39 Å². The maximum absolute atomic E-state index is 13.0. The molecule has 6 nitrogen and oxygen atoms in total. The van der Waals surface area contributed by atoms with Gasteiger partial charge in [-0.2, -0.15) is 14.7 Å².